The van der Waals surface area contributed by atoms with Crippen molar-refractivity contribution in [3.05, 3.63) is 0 Å². The zero-order chi connectivity index (χ0) is 11.7. The number of hydrogen-bond acceptors (Lipinski definition) is 4. The van der Waals surface area contributed by atoms with Gasteiger partial charge in [-0.1, -0.05) is 0 Å². The van der Waals surface area contributed by atoms with Gasteiger partial charge < -0.3 is 15.8 Å². The van der Waals surface area contributed by atoms with E-state index < -0.39 is 0 Å². The van der Waals surface area contributed by atoms with Gasteiger partial charge in [-0.25, -0.2) is 0 Å². The lowest BCUT2D eigenvalue weighted by Crippen LogP contribution is -2.33. The van der Waals surface area contributed by atoms with Crippen molar-refractivity contribution < 1.29 is 9.53 Å². The van der Waals surface area contributed by atoms with Crippen LogP contribution < -0.4 is 11.1 Å². The maximum absolute atomic E-state index is 11.5. The van der Waals surface area contributed by atoms with Crippen LogP contribution in [0.15, 0.2) is 0 Å². The zero-order valence-corrected chi connectivity index (χ0v) is 10.6. The van der Waals surface area contributed by atoms with Gasteiger partial charge in [0.05, 0.1) is 5.25 Å². The fourth-order valence-corrected chi connectivity index (χ4v) is 1.77. The maximum Gasteiger partial charge on any atom is 0.232 e. The minimum absolute atomic E-state index is 0.0291. The minimum atomic E-state index is -0.0291. The number of carbonyl (C=O) groups excluding carboxylic acids is 1. The molecule has 0 aliphatic heterocycles. The fraction of sp³-hybridized carbons (Fsp3) is 0.900. The molecule has 1 amide bonds. The summed E-state index contributed by atoms with van der Waals surface area (Å²) >= 11 is 1.59. The summed E-state index contributed by atoms with van der Waals surface area (Å²) in [6.07, 6.45) is 0.854. The largest absolute Gasteiger partial charge is 0.385 e. The molecule has 4 nitrogen and oxygen atoms in total. The van der Waals surface area contributed by atoms with Crippen LogP contribution in [0.1, 0.15) is 20.3 Å². The highest BCUT2D eigenvalue weighted by Gasteiger charge is 2.12. The Kier molecular flexibility index (Phi) is 8.85. The summed E-state index contributed by atoms with van der Waals surface area (Å²) in [4.78, 5) is 11.5. The number of methoxy groups -OCH3 is 1. The number of nitrogens with one attached hydrogen (secondary N) is 1. The average Bonchev–Trinajstić information content (AvgIpc) is 2.20. The topological polar surface area (TPSA) is 64.3 Å². The van der Waals surface area contributed by atoms with Crippen molar-refractivity contribution in [1.29, 1.82) is 0 Å². The third-order valence-electron chi connectivity index (χ3n) is 1.80. The van der Waals surface area contributed by atoms with Gasteiger partial charge in [0.1, 0.15) is 0 Å². The molecule has 0 aromatic heterocycles. The predicted octanol–water partition coefficient (Wildman–Crippen LogP) is 0.608. The Hall–Kier alpha value is -0.260. The fourth-order valence-electron chi connectivity index (χ4n) is 0.944. The number of ether oxygens (including phenoxy) is 1. The van der Waals surface area contributed by atoms with Crippen molar-refractivity contribution >= 4 is 17.7 Å². The van der Waals surface area contributed by atoms with E-state index >= 15 is 0 Å². The molecule has 0 aliphatic rings. The van der Waals surface area contributed by atoms with Crippen LogP contribution in [0.4, 0.5) is 0 Å². The van der Waals surface area contributed by atoms with E-state index in [9.17, 15) is 4.79 Å². The number of hydrogen-bond donors (Lipinski definition) is 2. The van der Waals surface area contributed by atoms with Gasteiger partial charge in [-0.15, -0.1) is 11.8 Å². The molecule has 0 heterocycles. The number of carbonyl (C=O) groups is 1. The molecule has 0 saturated heterocycles. The van der Waals surface area contributed by atoms with Crippen LogP contribution in [-0.2, 0) is 9.53 Å². The summed E-state index contributed by atoms with van der Waals surface area (Å²) in [6.45, 7) is 5.20. The first-order valence-corrected chi connectivity index (χ1v) is 6.26. The van der Waals surface area contributed by atoms with E-state index in [4.69, 9.17) is 10.5 Å². The van der Waals surface area contributed by atoms with Crippen LogP contribution in [0.2, 0.25) is 0 Å². The monoisotopic (exact) mass is 234 g/mol. The highest BCUT2D eigenvalue weighted by atomic mass is 32.2. The third kappa shape index (κ3) is 8.72. The number of nitrogens with two attached hydrogens (primary N) is 1. The van der Waals surface area contributed by atoms with Gasteiger partial charge >= 0.3 is 0 Å². The number of thioether (sulfide) groups is 1. The van der Waals surface area contributed by atoms with E-state index in [0.29, 0.717) is 13.2 Å². The minimum Gasteiger partial charge on any atom is -0.385 e. The second kappa shape index (κ2) is 9.00. The van der Waals surface area contributed by atoms with E-state index in [2.05, 4.69) is 5.32 Å². The maximum atomic E-state index is 11.5. The van der Waals surface area contributed by atoms with Gasteiger partial charge in [0.2, 0.25) is 5.91 Å². The molecule has 3 N–H and O–H groups in total. The molecule has 5 heteroatoms. The zero-order valence-electron chi connectivity index (χ0n) is 9.79. The molecule has 0 aromatic carbocycles. The SMILES string of the molecule is COCCCNC(=O)C(C)SCC(C)N. The normalized spacial score (nSPS) is 14.7. The summed E-state index contributed by atoms with van der Waals surface area (Å²) < 4.78 is 4.89. The highest BCUT2D eigenvalue weighted by molar-refractivity contribution is 8.00. The molecule has 90 valence electrons. The Bertz CT molecular complexity index is 177. The smallest absolute Gasteiger partial charge is 0.232 e. The van der Waals surface area contributed by atoms with Gasteiger partial charge in [-0.05, 0) is 20.3 Å². The molecule has 2 atom stereocenters. The molecule has 0 radical (unpaired) electrons. The molecule has 2 unspecified atom stereocenters. The molecule has 0 bridgehead atoms. The van der Waals surface area contributed by atoms with Gasteiger partial charge in [0.15, 0.2) is 0 Å². The Balaban J connectivity index is 3.51. The summed E-state index contributed by atoms with van der Waals surface area (Å²) in [5.41, 5.74) is 5.61. The van der Waals surface area contributed by atoms with Crippen molar-refractivity contribution in [1.82, 2.24) is 5.32 Å². The Morgan fingerprint density at radius 2 is 2.20 bits per heavy atom. The molecule has 0 aliphatic carbocycles. The first kappa shape index (κ1) is 14.7. The lowest BCUT2D eigenvalue weighted by molar-refractivity contribution is -0.120. The average molecular weight is 234 g/mol. The van der Waals surface area contributed by atoms with Gasteiger partial charge in [0.25, 0.3) is 0 Å². The second-order valence-corrected chi connectivity index (χ2v) is 4.96. The first-order chi connectivity index (χ1) is 7.07. The van der Waals surface area contributed by atoms with Crippen molar-refractivity contribution in [3.8, 4) is 0 Å². The van der Waals surface area contributed by atoms with E-state index in [0.717, 1.165) is 12.2 Å². The standard InChI is InChI=1S/C10H22N2O2S/c1-8(11)7-15-9(2)10(13)12-5-4-6-14-3/h8-9H,4-7,11H2,1-3H3,(H,12,13). The lowest BCUT2D eigenvalue weighted by atomic mass is 10.4. The molecule has 0 spiro atoms. The van der Waals surface area contributed by atoms with E-state index in [-0.39, 0.29) is 17.2 Å². The quantitative estimate of drug-likeness (QED) is 0.604. The van der Waals surface area contributed by atoms with Crippen LogP contribution in [0.3, 0.4) is 0 Å². The molecule has 0 saturated carbocycles. The van der Waals surface area contributed by atoms with E-state index in [1.165, 1.54) is 0 Å². The predicted molar refractivity (Wildman–Crippen MR) is 65.1 cm³/mol. The molecular weight excluding hydrogens is 212 g/mol. The summed E-state index contributed by atoms with van der Waals surface area (Å²) in [5.74, 6) is 0.892. The number of amides is 1. The van der Waals surface area contributed by atoms with Crippen LogP contribution in [0, 0.1) is 0 Å². The Morgan fingerprint density at radius 3 is 2.73 bits per heavy atom. The second-order valence-electron chi connectivity index (χ2n) is 3.59. The Labute approximate surface area is 96.3 Å². The van der Waals surface area contributed by atoms with Crippen molar-refractivity contribution in [3.63, 3.8) is 0 Å². The highest BCUT2D eigenvalue weighted by Crippen LogP contribution is 2.10. The van der Waals surface area contributed by atoms with E-state index in [1.807, 2.05) is 13.8 Å². The lowest BCUT2D eigenvalue weighted by Gasteiger charge is -2.12. The van der Waals surface area contributed by atoms with E-state index in [1.54, 1.807) is 18.9 Å². The molecule has 0 aromatic rings. The molecule has 0 rings (SSSR count). The van der Waals surface area contributed by atoms with Crippen molar-refractivity contribution in [2.75, 3.05) is 26.0 Å². The summed E-state index contributed by atoms with van der Waals surface area (Å²) in [5, 5.41) is 2.83. The molecular formula is C10H22N2O2S. The molecule has 0 fully saturated rings. The summed E-state index contributed by atoms with van der Waals surface area (Å²) in [6, 6.07) is 0.138. The number of rotatable bonds is 8. The van der Waals surface area contributed by atoms with Crippen molar-refractivity contribution in [2.45, 2.75) is 31.6 Å². The Morgan fingerprint density at radius 1 is 1.53 bits per heavy atom. The summed E-state index contributed by atoms with van der Waals surface area (Å²) in [7, 11) is 1.66. The van der Waals surface area contributed by atoms with Crippen LogP contribution in [-0.4, -0.2) is 43.2 Å². The van der Waals surface area contributed by atoms with Gasteiger partial charge in [0, 0.05) is 32.1 Å². The first-order valence-electron chi connectivity index (χ1n) is 5.21. The van der Waals surface area contributed by atoms with Crippen LogP contribution >= 0.6 is 11.8 Å². The van der Waals surface area contributed by atoms with Crippen LogP contribution in [0.5, 0.6) is 0 Å². The third-order valence-corrected chi connectivity index (χ3v) is 3.24. The van der Waals surface area contributed by atoms with Gasteiger partial charge in [-0.2, -0.15) is 0 Å². The van der Waals surface area contributed by atoms with Gasteiger partial charge in [-0.3, -0.25) is 4.79 Å². The molecule has 15 heavy (non-hydrogen) atoms. The van der Waals surface area contributed by atoms with Crippen molar-refractivity contribution in [2.24, 2.45) is 5.73 Å². The van der Waals surface area contributed by atoms with Crippen LogP contribution in [0.25, 0.3) is 0 Å².